The highest BCUT2D eigenvalue weighted by Gasteiger charge is 2.22. The first-order valence-corrected chi connectivity index (χ1v) is 4.58. The summed E-state index contributed by atoms with van der Waals surface area (Å²) in [6.07, 6.45) is 1.21. The van der Waals surface area contributed by atoms with Crippen LogP contribution in [0.25, 0.3) is 0 Å². The van der Waals surface area contributed by atoms with Crippen molar-refractivity contribution >= 4 is 11.9 Å². The van der Waals surface area contributed by atoms with Crippen molar-refractivity contribution in [3.63, 3.8) is 0 Å². The molecule has 1 rings (SSSR count). The van der Waals surface area contributed by atoms with E-state index in [1.807, 2.05) is 0 Å². The van der Waals surface area contributed by atoms with Gasteiger partial charge >= 0.3 is 11.9 Å². The molecule has 0 unspecified atom stereocenters. The number of hydrogen-bond acceptors (Lipinski definition) is 4. The van der Waals surface area contributed by atoms with E-state index in [9.17, 15) is 9.59 Å². The number of rotatable bonds is 4. The fourth-order valence-electron chi connectivity index (χ4n) is 1.21. The van der Waals surface area contributed by atoms with Crippen LogP contribution in [-0.2, 0) is 11.3 Å². The lowest BCUT2D eigenvalue weighted by Gasteiger charge is -2.02. The molecule has 1 N–H and O–H groups in total. The van der Waals surface area contributed by atoms with Crippen LogP contribution in [0.1, 0.15) is 34.7 Å². The minimum Gasteiger partial charge on any atom is -0.476 e. The van der Waals surface area contributed by atoms with Gasteiger partial charge in [-0.05, 0) is 13.8 Å². The number of ether oxygens (including phenoxy) is 1. The first kappa shape index (κ1) is 11.2. The molecule has 15 heavy (non-hydrogen) atoms. The van der Waals surface area contributed by atoms with Gasteiger partial charge in [0, 0.05) is 6.54 Å². The van der Waals surface area contributed by atoms with Crippen LogP contribution in [0, 0.1) is 0 Å². The summed E-state index contributed by atoms with van der Waals surface area (Å²) < 4.78 is 5.97. The molecule has 0 aliphatic rings. The van der Waals surface area contributed by atoms with Crippen molar-refractivity contribution in [2.24, 2.45) is 0 Å². The largest absolute Gasteiger partial charge is 0.476 e. The molecule has 1 aromatic rings. The quantitative estimate of drug-likeness (QED) is 0.746. The van der Waals surface area contributed by atoms with E-state index in [1.165, 1.54) is 10.9 Å². The molecule has 82 valence electrons. The number of aromatic carboxylic acids is 1. The molecule has 1 heterocycles. The molecule has 6 nitrogen and oxygen atoms in total. The van der Waals surface area contributed by atoms with Gasteiger partial charge in [-0.25, -0.2) is 9.59 Å². The fraction of sp³-hybridized carbons (Fsp3) is 0.444. The molecule has 0 fully saturated rings. The zero-order valence-electron chi connectivity index (χ0n) is 8.56. The monoisotopic (exact) mass is 212 g/mol. The van der Waals surface area contributed by atoms with E-state index in [4.69, 9.17) is 9.84 Å². The Morgan fingerprint density at radius 3 is 2.67 bits per heavy atom. The average molecular weight is 212 g/mol. The van der Waals surface area contributed by atoms with Gasteiger partial charge in [0.05, 0.1) is 12.8 Å². The Hall–Kier alpha value is -1.85. The van der Waals surface area contributed by atoms with E-state index < -0.39 is 11.9 Å². The smallest absolute Gasteiger partial charge is 0.355 e. The molecule has 0 saturated heterocycles. The Morgan fingerprint density at radius 2 is 2.20 bits per heavy atom. The molecule has 0 saturated carbocycles. The molecule has 0 atom stereocenters. The third kappa shape index (κ3) is 2.15. The topological polar surface area (TPSA) is 81.4 Å². The standard InChI is InChI=1S/C9H12N2O4/c1-3-11-7(8(12)13)6(5-10-11)9(14)15-4-2/h5H,3-4H2,1-2H3,(H,12,13). The zero-order chi connectivity index (χ0) is 11.4. The van der Waals surface area contributed by atoms with Crippen LogP contribution < -0.4 is 0 Å². The summed E-state index contributed by atoms with van der Waals surface area (Å²) in [5.74, 6) is -1.84. The molecular formula is C9H12N2O4. The van der Waals surface area contributed by atoms with Gasteiger partial charge in [0.25, 0.3) is 0 Å². The average Bonchev–Trinajstić information content (AvgIpc) is 2.61. The van der Waals surface area contributed by atoms with E-state index >= 15 is 0 Å². The summed E-state index contributed by atoms with van der Waals surface area (Å²) in [6, 6.07) is 0. The summed E-state index contributed by atoms with van der Waals surface area (Å²) >= 11 is 0. The molecule has 1 aromatic heterocycles. The van der Waals surface area contributed by atoms with Crippen LogP contribution in [0.3, 0.4) is 0 Å². The Bertz CT molecular complexity index is 383. The van der Waals surface area contributed by atoms with Gasteiger partial charge in [-0.15, -0.1) is 0 Å². The lowest BCUT2D eigenvalue weighted by molar-refractivity contribution is 0.0513. The highest BCUT2D eigenvalue weighted by molar-refractivity contribution is 6.01. The Kier molecular flexibility index (Phi) is 3.43. The van der Waals surface area contributed by atoms with Crippen molar-refractivity contribution in [1.82, 2.24) is 9.78 Å². The second-order valence-electron chi connectivity index (χ2n) is 2.75. The van der Waals surface area contributed by atoms with Crippen LogP contribution in [0.5, 0.6) is 0 Å². The Morgan fingerprint density at radius 1 is 1.53 bits per heavy atom. The molecule has 0 amide bonds. The van der Waals surface area contributed by atoms with E-state index in [-0.39, 0.29) is 17.9 Å². The van der Waals surface area contributed by atoms with Crippen molar-refractivity contribution in [3.8, 4) is 0 Å². The highest BCUT2D eigenvalue weighted by atomic mass is 16.5. The Balaban J connectivity index is 3.13. The summed E-state index contributed by atoms with van der Waals surface area (Å²) in [5.41, 5.74) is -0.137. The number of aryl methyl sites for hydroxylation is 1. The number of aromatic nitrogens is 2. The number of carbonyl (C=O) groups is 2. The lowest BCUT2D eigenvalue weighted by atomic mass is 10.2. The SMILES string of the molecule is CCOC(=O)c1cnn(CC)c1C(=O)O. The van der Waals surface area contributed by atoms with Gasteiger partial charge in [-0.2, -0.15) is 5.10 Å². The number of esters is 1. The lowest BCUT2D eigenvalue weighted by Crippen LogP contribution is -2.14. The molecule has 6 heteroatoms. The third-order valence-electron chi connectivity index (χ3n) is 1.84. The van der Waals surface area contributed by atoms with Crippen LogP contribution in [0.2, 0.25) is 0 Å². The maximum Gasteiger partial charge on any atom is 0.355 e. The minimum atomic E-state index is -1.18. The number of carboxylic acids is 1. The normalized spacial score (nSPS) is 10.0. The number of carbonyl (C=O) groups excluding carboxylic acids is 1. The number of hydrogen-bond donors (Lipinski definition) is 1. The van der Waals surface area contributed by atoms with Crippen molar-refractivity contribution in [2.75, 3.05) is 6.61 Å². The van der Waals surface area contributed by atoms with E-state index in [0.29, 0.717) is 6.54 Å². The van der Waals surface area contributed by atoms with Gasteiger partial charge in [0.2, 0.25) is 0 Å². The van der Waals surface area contributed by atoms with Gasteiger partial charge in [0.1, 0.15) is 5.56 Å². The number of nitrogens with zero attached hydrogens (tertiary/aromatic N) is 2. The van der Waals surface area contributed by atoms with E-state index in [0.717, 1.165) is 0 Å². The molecule has 0 aromatic carbocycles. The summed E-state index contributed by atoms with van der Waals surface area (Å²) in [4.78, 5) is 22.3. The number of carboxylic acid groups (broad SMARTS) is 1. The van der Waals surface area contributed by atoms with Crippen LogP contribution in [0.15, 0.2) is 6.20 Å². The maximum absolute atomic E-state index is 11.4. The predicted molar refractivity (Wildman–Crippen MR) is 50.8 cm³/mol. The summed E-state index contributed by atoms with van der Waals surface area (Å²) in [7, 11) is 0. The second-order valence-corrected chi connectivity index (χ2v) is 2.75. The van der Waals surface area contributed by atoms with Gasteiger partial charge in [-0.1, -0.05) is 0 Å². The minimum absolute atomic E-state index is 0.00815. The van der Waals surface area contributed by atoms with E-state index in [1.54, 1.807) is 13.8 Å². The van der Waals surface area contributed by atoms with Gasteiger partial charge in [-0.3, -0.25) is 4.68 Å². The fourth-order valence-corrected chi connectivity index (χ4v) is 1.21. The summed E-state index contributed by atoms with van der Waals surface area (Å²) in [5, 5.41) is 12.7. The zero-order valence-corrected chi connectivity index (χ0v) is 8.56. The first-order valence-electron chi connectivity index (χ1n) is 4.58. The molecular weight excluding hydrogens is 200 g/mol. The maximum atomic E-state index is 11.4. The van der Waals surface area contributed by atoms with Gasteiger partial charge in [0.15, 0.2) is 5.69 Å². The molecule has 0 aliphatic heterocycles. The van der Waals surface area contributed by atoms with Crippen molar-refractivity contribution in [3.05, 3.63) is 17.5 Å². The molecule has 0 bridgehead atoms. The molecule has 0 spiro atoms. The third-order valence-corrected chi connectivity index (χ3v) is 1.84. The van der Waals surface area contributed by atoms with Crippen LogP contribution in [0.4, 0.5) is 0 Å². The van der Waals surface area contributed by atoms with E-state index in [2.05, 4.69) is 5.10 Å². The van der Waals surface area contributed by atoms with Crippen molar-refractivity contribution in [1.29, 1.82) is 0 Å². The van der Waals surface area contributed by atoms with Crippen molar-refractivity contribution < 1.29 is 19.4 Å². The molecule has 0 aliphatic carbocycles. The van der Waals surface area contributed by atoms with Crippen LogP contribution in [-0.4, -0.2) is 33.4 Å². The van der Waals surface area contributed by atoms with Crippen molar-refractivity contribution in [2.45, 2.75) is 20.4 Å². The first-order chi connectivity index (χ1) is 7.11. The second kappa shape index (κ2) is 4.59. The van der Waals surface area contributed by atoms with Crippen LogP contribution >= 0.6 is 0 Å². The summed E-state index contributed by atoms with van der Waals surface area (Å²) in [6.45, 7) is 3.99. The predicted octanol–water partition coefficient (Wildman–Crippen LogP) is 0.778. The Labute approximate surface area is 86.5 Å². The highest BCUT2D eigenvalue weighted by Crippen LogP contribution is 2.10. The van der Waals surface area contributed by atoms with Gasteiger partial charge < -0.3 is 9.84 Å². The molecule has 0 radical (unpaired) electrons.